The topological polar surface area (TPSA) is 32.8 Å². The monoisotopic (exact) mass is 252 g/mol. The Morgan fingerprint density at radius 1 is 1.44 bits per heavy atom. The molecule has 1 heterocycles. The lowest BCUT2D eigenvalue weighted by Gasteiger charge is -2.28. The zero-order valence-electron chi connectivity index (χ0n) is 11.5. The smallest absolute Gasteiger partial charge is 0.332 e. The minimum atomic E-state index is -0.347. The second-order valence-electron chi connectivity index (χ2n) is 4.45. The van der Waals surface area contributed by atoms with Crippen LogP contribution < -0.4 is 0 Å². The van der Waals surface area contributed by atoms with Gasteiger partial charge in [-0.1, -0.05) is 26.3 Å². The minimum absolute atomic E-state index is 0.171. The molecule has 18 heavy (non-hydrogen) atoms. The molecule has 1 atom stereocenters. The third-order valence-electron chi connectivity index (χ3n) is 3.06. The average Bonchev–Trinajstić information content (AvgIpc) is 2.86. The van der Waals surface area contributed by atoms with Crippen LogP contribution in [0.1, 0.15) is 39.5 Å². The molecule has 0 radical (unpaired) electrons. The summed E-state index contributed by atoms with van der Waals surface area (Å²) in [5.41, 5.74) is 0. The first kappa shape index (κ1) is 14.6. The lowest BCUT2D eigenvalue weighted by Crippen LogP contribution is -2.37. The van der Waals surface area contributed by atoms with Crippen LogP contribution >= 0.6 is 0 Å². The first-order valence-electron chi connectivity index (χ1n) is 6.72. The van der Waals surface area contributed by atoms with Crippen LogP contribution in [0, 0.1) is 0 Å². The van der Waals surface area contributed by atoms with Crippen LogP contribution in [-0.4, -0.2) is 35.2 Å². The molecule has 0 saturated heterocycles. The largest absolute Gasteiger partial charge is 0.438 e. The maximum Gasteiger partial charge on any atom is 0.332 e. The second kappa shape index (κ2) is 7.80. The van der Waals surface area contributed by atoms with Crippen molar-refractivity contribution in [2.75, 3.05) is 13.2 Å². The molecule has 0 amide bonds. The van der Waals surface area contributed by atoms with Gasteiger partial charge < -0.3 is 14.5 Å². The summed E-state index contributed by atoms with van der Waals surface area (Å²) in [6.45, 7) is 9.47. The van der Waals surface area contributed by atoms with E-state index in [2.05, 4.69) is 30.2 Å². The van der Waals surface area contributed by atoms with Crippen molar-refractivity contribution in [1.29, 1.82) is 0 Å². The summed E-state index contributed by atoms with van der Waals surface area (Å²) >= 11 is 0. The molecule has 4 heteroatoms. The number of hydrogen-bond donors (Lipinski definition) is 0. The average molecular weight is 252 g/mol. The highest BCUT2D eigenvalue weighted by Gasteiger charge is 2.22. The fourth-order valence-corrected chi connectivity index (χ4v) is 1.92. The number of hydrogen-bond acceptors (Lipinski definition) is 4. The van der Waals surface area contributed by atoms with Gasteiger partial charge in [0.2, 0.25) is 0 Å². The van der Waals surface area contributed by atoms with Crippen molar-refractivity contribution in [3.8, 4) is 0 Å². The Morgan fingerprint density at radius 3 is 2.78 bits per heavy atom. The zero-order valence-corrected chi connectivity index (χ0v) is 11.5. The maximum atomic E-state index is 11.4. The molecule has 0 aromatic heterocycles. The molecule has 0 aromatic rings. The van der Waals surface area contributed by atoms with Gasteiger partial charge in [0.05, 0.1) is 6.67 Å². The molecule has 0 spiro atoms. The number of esters is 1. The zero-order chi connectivity index (χ0) is 13.4. The minimum Gasteiger partial charge on any atom is -0.438 e. The Morgan fingerprint density at radius 2 is 2.22 bits per heavy atom. The van der Waals surface area contributed by atoms with Crippen molar-refractivity contribution in [1.82, 2.24) is 9.80 Å². The number of nitrogens with zero attached hydrogens (tertiary/aromatic N) is 2. The fraction of sp³-hybridized carbons (Fsp3) is 0.643. The molecule has 1 aliphatic heterocycles. The van der Waals surface area contributed by atoms with Crippen LogP contribution in [0.2, 0.25) is 0 Å². The number of unbranched alkanes of at least 4 members (excludes halogenated alkanes) is 2. The van der Waals surface area contributed by atoms with Gasteiger partial charge in [0.25, 0.3) is 0 Å². The predicted octanol–water partition coefficient (Wildman–Crippen LogP) is 2.69. The Kier molecular flexibility index (Phi) is 6.33. The van der Waals surface area contributed by atoms with Gasteiger partial charge in [-0.2, -0.15) is 0 Å². The lowest BCUT2D eigenvalue weighted by molar-refractivity contribution is -0.151. The fourth-order valence-electron chi connectivity index (χ4n) is 1.92. The third-order valence-corrected chi connectivity index (χ3v) is 3.06. The van der Waals surface area contributed by atoms with Crippen LogP contribution in [0.4, 0.5) is 0 Å². The Hall–Kier alpha value is -1.45. The summed E-state index contributed by atoms with van der Waals surface area (Å²) in [7, 11) is 0. The molecule has 4 nitrogen and oxygen atoms in total. The molecule has 0 aromatic carbocycles. The van der Waals surface area contributed by atoms with Crippen LogP contribution in [0.15, 0.2) is 25.1 Å². The summed E-state index contributed by atoms with van der Waals surface area (Å²) in [6.07, 6.45) is 9.36. The lowest BCUT2D eigenvalue weighted by atomic mass is 10.2. The normalized spacial score (nSPS) is 15.9. The van der Waals surface area contributed by atoms with E-state index in [4.69, 9.17) is 4.74 Å². The van der Waals surface area contributed by atoms with Gasteiger partial charge in [0, 0.05) is 31.4 Å². The van der Waals surface area contributed by atoms with Gasteiger partial charge >= 0.3 is 5.97 Å². The van der Waals surface area contributed by atoms with Crippen LogP contribution in [0.5, 0.6) is 0 Å². The van der Waals surface area contributed by atoms with E-state index >= 15 is 0 Å². The van der Waals surface area contributed by atoms with Gasteiger partial charge in [0.15, 0.2) is 6.23 Å². The first-order valence-corrected chi connectivity index (χ1v) is 6.72. The van der Waals surface area contributed by atoms with Gasteiger partial charge in [-0.25, -0.2) is 4.79 Å². The van der Waals surface area contributed by atoms with Crippen molar-refractivity contribution in [2.45, 2.75) is 45.8 Å². The molecule has 102 valence electrons. The molecule has 1 aliphatic rings. The molecule has 1 rings (SSSR count). The SMILES string of the molecule is C=CC(=O)O[C@@H](CCCCC)N1C=CN(CC)C1. The summed E-state index contributed by atoms with van der Waals surface area (Å²) in [5, 5.41) is 0. The van der Waals surface area contributed by atoms with Crippen LogP contribution in [-0.2, 0) is 9.53 Å². The van der Waals surface area contributed by atoms with Gasteiger partial charge in [0.1, 0.15) is 0 Å². The number of carbonyl (C=O) groups excluding carboxylic acids is 1. The highest BCUT2D eigenvalue weighted by atomic mass is 16.6. The molecule has 0 saturated carbocycles. The van der Waals surface area contributed by atoms with E-state index in [0.29, 0.717) is 0 Å². The van der Waals surface area contributed by atoms with Gasteiger partial charge in [-0.15, -0.1) is 0 Å². The van der Waals surface area contributed by atoms with Crippen molar-refractivity contribution < 1.29 is 9.53 Å². The van der Waals surface area contributed by atoms with E-state index in [1.165, 1.54) is 12.5 Å². The van der Waals surface area contributed by atoms with Crippen LogP contribution in [0.3, 0.4) is 0 Å². The summed E-state index contributed by atoms with van der Waals surface area (Å²) in [5.74, 6) is -0.347. The Balaban J connectivity index is 2.51. The highest BCUT2D eigenvalue weighted by Crippen LogP contribution is 2.17. The number of carbonyl (C=O) groups is 1. The van der Waals surface area contributed by atoms with Crippen molar-refractivity contribution >= 4 is 5.97 Å². The molecular weight excluding hydrogens is 228 g/mol. The third kappa shape index (κ3) is 4.43. The molecule has 0 fully saturated rings. The van der Waals surface area contributed by atoms with Crippen molar-refractivity contribution in [3.05, 3.63) is 25.1 Å². The molecular formula is C14H24N2O2. The maximum absolute atomic E-state index is 11.4. The molecule has 0 bridgehead atoms. The van der Waals surface area contributed by atoms with Crippen molar-refractivity contribution in [2.24, 2.45) is 0 Å². The second-order valence-corrected chi connectivity index (χ2v) is 4.45. The van der Waals surface area contributed by atoms with Gasteiger partial charge in [-0.3, -0.25) is 0 Å². The van der Waals surface area contributed by atoms with E-state index in [0.717, 1.165) is 32.5 Å². The van der Waals surface area contributed by atoms with E-state index in [1.54, 1.807) is 0 Å². The van der Waals surface area contributed by atoms with E-state index in [9.17, 15) is 4.79 Å². The Bertz CT molecular complexity index is 302. The molecule has 0 N–H and O–H groups in total. The quantitative estimate of drug-likeness (QED) is 0.378. The first-order chi connectivity index (χ1) is 8.71. The van der Waals surface area contributed by atoms with E-state index in [-0.39, 0.29) is 12.2 Å². The van der Waals surface area contributed by atoms with Gasteiger partial charge in [-0.05, 0) is 13.3 Å². The summed E-state index contributed by atoms with van der Waals surface area (Å²) in [6, 6.07) is 0. The molecule has 0 aliphatic carbocycles. The van der Waals surface area contributed by atoms with E-state index in [1.807, 2.05) is 12.4 Å². The number of ether oxygens (including phenoxy) is 1. The standard InChI is InChI=1S/C14H24N2O2/c1-4-7-8-9-13(18-14(17)5-2)16-11-10-15(6-3)12-16/h5,10-11,13H,2,4,6-9,12H2,1,3H3/t13-/m0/s1. The summed E-state index contributed by atoms with van der Waals surface area (Å²) in [4.78, 5) is 15.6. The van der Waals surface area contributed by atoms with Crippen LogP contribution in [0.25, 0.3) is 0 Å². The van der Waals surface area contributed by atoms with Crippen molar-refractivity contribution in [3.63, 3.8) is 0 Å². The summed E-state index contributed by atoms with van der Waals surface area (Å²) < 4.78 is 5.41. The Labute approximate surface area is 110 Å². The number of rotatable bonds is 8. The van der Waals surface area contributed by atoms with E-state index < -0.39 is 0 Å². The highest BCUT2D eigenvalue weighted by molar-refractivity contribution is 5.81. The predicted molar refractivity (Wildman–Crippen MR) is 72.4 cm³/mol. The molecule has 0 unspecified atom stereocenters.